The fraction of sp³-hybridized carbons (Fsp3) is 0.611. The third kappa shape index (κ3) is 3.18. The minimum absolute atomic E-state index is 0.0460. The summed E-state index contributed by atoms with van der Waals surface area (Å²) in [7, 11) is 0. The van der Waals surface area contributed by atoms with Gasteiger partial charge in [-0.3, -0.25) is 4.79 Å². The quantitative estimate of drug-likeness (QED) is 0.802. The second-order valence-corrected chi connectivity index (χ2v) is 6.92. The molecular weight excluding hydrogens is 276 g/mol. The number of carbonyl (C=O) groups is 1. The monoisotopic (exact) mass is 302 g/mol. The van der Waals surface area contributed by atoms with Gasteiger partial charge in [0.25, 0.3) is 0 Å². The molecule has 2 aliphatic rings. The maximum atomic E-state index is 12.5. The Kier molecular flexibility index (Phi) is 4.50. The van der Waals surface area contributed by atoms with Gasteiger partial charge in [0.1, 0.15) is 0 Å². The van der Waals surface area contributed by atoms with Crippen molar-refractivity contribution < 1.29 is 9.90 Å². The molecule has 2 fully saturated rings. The minimum Gasteiger partial charge on any atom is -0.388 e. The summed E-state index contributed by atoms with van der Waals surface area (Å²) in [6.07, 6.45) is 4.87. The molecule has 0 radical (unpaired) electrons. The van der Waals surface area contributed by atoms with Gasteiger partial charge in [-0.15, -0.1) is 0 Å². The van der Waals surface area contributed by atoms with Crippen LogP contribution in [0.15, 0.2) is 30.3 Å². The minimum atomic E-state index is -0.889. The molecule has 3 atom stereocenters. The van der Waals surface area contributed by atoms with Crippen LogP contribution in [0.4, 0.5) is 0 Å². The lowest BCUT2D eigenvalue weighted by Crippen LogP contribution is -2.62. The molecule has 3 N–H and O–H groups in total. The van der Waals surface area contributed by atoms with Crippen molar-refractivity contribution in [3.63, 3.8) is 0 Å². The lowest BCUT2D eigenvalue weighted by atomic mass is 9.80. The SMILES string of the molecule is CC1(O)CCNC(c2ccccc2)C1NC(=O)C1CCCC1. The standard InChI is InChI=1S/C18H26N2O2/c1-18(22)11-12-19-15(13-7-3-2-4-8-13)16(18)20-17(21)14-9-5-6-10-14/h2-4,7-8,14-16,19,22H,5-6,9-12H2,1H3,(H,20,21). The fourth-order valence-corrected chi connectivity index (χ4v) is 3.78. The topological polar surface area (TPSA) is 61.4 Å². The lowest BCUT2D eigenvalue weighted by molar-refractivity contribution is -0.129. The molecule has 1 saturated carbocycles. The zero-order chi connectivity index (χ0) is 15.6. The number of carbonyl (C=O) groups excluding carboxylic acids is 1. The maximum Gasteiger partial charge on any atom is 0.223 e. The van der Waals surface area contributed by atoms with E-state index < -0.39 is 5.60 Å². The van der Waals surface area contributed by atoms with Gasteiger partial charge in [-0.1, -0.05) is 43.2 Å². The predicted molar refractivity (Wildman–Crippen MR) is 86.3 cm³/mol. The van der Waals surface area contributed by atoms with Crippen LogP contribution in [-0.2, 0) is 4.79 Å². The van der Waals surface area contributed by atoms with Gasteiger partial charge in [-0.2, -0.15) is 0 Å². The van der Waals surface area contributed by atoms with Crippen LogP contribution in [0.1, 0.15) is 50.6 Å². The van der Waals surface area contributed by atoms with Crippen molar-refractivity contribution in [1.82, 2.24) is 10.6 Å². The highest BCUT2D eigenvalue weighted by Crippen LogP contribution is 2.32. The zero-order valence-electron chi connectivity index (χ0n) is 13.2. The predicted octanol–water partition coefficient (Wildman–Crippen LogP) is 2.15. The van der Waals surface area contributed by atoms with Crippen LogP contribution in [0.5, 0.6) is 0 Å². The van der Waals surface area contributed by atoms with Crippen molar-refractivity contribution >= 4 is 5.91 Å². The average molecular weight is 302 g/mol. The van der Waals surface area contributed by atoms with Gasteiger partial charge in [0, 0.05) is 5.92 Å². The van der Waals surface area contributed by atoms with Gasteiger partial charge in [0.05, 0.1) is 17.7 Å². The molecule has 4 heteroatoms. The summed E-state index contributed by atoms with van der Waals surface area (Å²) >= 11 is 0. The Morgan fingerprint density at radius 3 is 2.64 bits per heavy atom. The number of rotatable bonds is 3. The second kappa shape index (κ2) is 6.39. The summed E-state index contributed by atoms with van der Waals surface area (Å²) < 4.78 is 0. The molecule has 0 bridgehead atoms. The summed E-state index contributed by atoms with van der Waals surface area (Å²) in [6.45, 7) is 2.59. The highest BCUT2D eigenvalue weighted by molar-refractivity contribution is 5.79. The van der Waals surface area contributed by atoms with Crippen LogP contribution in [0.3, 0.4) is 0 Å². The number of benzene rings is 1. The Morgan fingerprint density at radius 1 is 1.27 bits per heavy atom. The number of aliphatic hydroxyl groups is 1. The number of piperidine rings is 1. The van der Waals surface area contributed by atoms with E-state index in [1.807, 2.05) is 37.3 Å². The fourth-order valence-electron chi connectivity index (χ4n) is 3.78. The number of hydrogen-bond donors (Lipinski definition) is 3. The molecule has 3 unspecified atom stereocenters. The summed E-state index contributed by atoms with van der Waals surface area (Å²) in [5, 5.41) is 17.4. The van der Waals surface area contributed by atoms with Gasteiger partial charge in [0.15, 0.2) is 0 Å². The molecule has 1 aromatic carbocycles. The van der Waals surface area contributed by atoms with E-state index in [0.29, 0.717) is 6.42 Å². The van der Waals surface area contributed by atoms with E-state index in [2.05, 4.69) is 10.6 Å². The number of amides is 1. The highest BCUT2D eigenvalue weighted by Gasteiger charge is 2.43. The molecule has 1 saturated heterocycles. The summed E-state index contributed by atoms with van der Waals surface area (Å²) in [6, 6.07) is 9.73. The Labute approximate surface area is 132 Å². The zero-order valence-corrected chi connectivity index (χ0v) is 13.2. The van der Waals surface area contributed by atoms with E-state index in [-0.39, 0.29) is 23.9 Å². The first kappa shape index (κ1) is 15.5. The molecule has 120 valence electrons. The van der Waals surface area contributed by atoms with Crippen LogP contribution in [0.2, 0.25) is 0 Å². The van der Waals surface area contributed by atoms with E-state index in [9.17, 15) is 9.90 Å². The van der Waals surface area contributed by atoms with E-state index in [0.717, 1.165) is 37.8 Å². The Morgan fingerprint density at radius 2 is 1.95 bits per heavy atom. The molecule has 1 heterocycles. The third-order valence-corrected chi connectivity index (χ3v) is 5.18. The molecule has 1 aromatic rings. The molecule has 1 amide bonds. The molecule has 22 heavy (non-hydrogen) atoms. The van der Waals surface area contributed by atoms with Crippen LogP contribution >= 0.6 is 0 Å². The van der Waals surface area contributed by atoms with Crippen LogP contribution < -0.4 is 10.6 Å². The summed E-state index contributed by atoms with van der Waals surface area (Å²) in [5.74, 6) is 0.224. The average Bonchev–Trinajstić information content (AvgIpc) is 3.04. The molecule has 4 nitrogen and oxygen atoms in total. The van der Waals surface area contributed by atoms with Crippen molar-refractivity contribution in [2.75, 3.05) is 6.54 Å². The summed E-state index contributed by atoms with van der Waals surface area (Å²) in [5.41, 5.74) is 0.222. The van der Waals surface area contributed by atoms with Crippen LogP contribution in [0.25, 0.3) is 0 Å². The van der Waals surface area contributed by atoms with E-state index >= 15 is 0 Å². The van der Waals surface area contributed by atoms with Crippen molar-refractivity contribution in [2.45, 2.75) is 56.7 Å². The number of nitrogens with one attached hydrogen (secondary N) is 2. The van der Waals surface area contributed by atoms with Gasteiger partial charge >= 0.3 is 0 Å². The van der Waals surface area contributed by atoms with E-state index in [4.69, 9.17) is 0 Å². The maximum absolute atomic E-state index is 12.5. The van der Waals surface area contributed by atoms with E-state index in [1.54, 1.807) is 0 Å². The Hall–Kier alpha value is -1.39. The van der Waals surface area contributed by atoms with Gasteiger partial charge in [-0.25, -0.2) is 0 Å². The lowest BCUT2D eigenvalue weighted by Gasteiger charge is -2.44. The summed E-state index contributed by atoms with van der Waals surface area (Å²) in [4.78, 5) is 12.5. The van der Waals surface area contributed by atoms with Crippen LogP contribution in [-0.4, -0.2) is 29.2 Å². The molecule has 1 aliphatic carbocycles. The number of hydrogen-bond acceptors (Lipinski definition) is 3. The second-order valence-electron chi connectivity index (χ2n) is 6.92. The first-order valence-corrected chi connectivity index (χ1v) is 8.39. The van der Waals surface area contributed by atoms with Crippen LogP contribution in [0, 0.1) is 5.92 Å². The van der Waals surface area contributed by atoms with Crippen molar-refractivity contribution in [3.05, 3.63) is 35.9 Å². The van der Waals surface area contributed by atoms with Gasteiger partial charge < -0.3 is 15.7 Å². The van der Waals surface area contributed by atoms with Gasteiger partial charge in [0.2, 0.25) is 5.91 Å². The highest BCUT2D eigenvalue weighted by atomic mass is 16.3. The normalized spacial score (nSPS) is 32.8. The van der Waals surface area contributed by atoms with E-state index in [1.165, 1.54) is 0 Å². The Balaban J connectivity index is 1.80. The largest absolute Gasteiger partial charge is 0.388 e. The molecular formula is C18H26N2O2. The smallest absolute Gasteiger partial charge is 0.223 e. The third-order valence-electron chi connectivity index (χ3n) is 5.18. The Bertz CT molecular complexity index is 509. The van der Waals surface area contributed by atoms with Gasteiger partial charge in [-0.05, 0) is 38.3 Å². The first-order chi connectivity index (χ1) is 10.6. The van der Waals surface area contributed by atoms with Crippen molar-refractivity contribution in [1.29, 1.82) is 0 Å². The van der Waals surface area contributed by atoms with Crippen molar-refractivity contribution in [2.24, 2.45) is 5.92 Å². The molecule has 1 aliphatic heterocycles. The molecule has 3 rings (SSSR count). The molecule has 0 spiro atoms. The first-order valence-electron chi connectivity index (χ1n) is 8.39. The van der Waals surface area contributed by atoms with Crippen molar-refractivity contribution in [3.8, 4) is 0 Å². The molecule has 0 aromatic heterocycles.